The second-order valence-corrected chi connectivity index (χ2v) is 5.79. The van der Waals surface area contributed by atoms with Crippen LogP contribution in [-0.2, 0) is 4.79 Å². The summed E-state index contributed by atoms with van der Waals surface area (Å²) in [7, 11) is 0. The highest BCUT2D eigenvalue weighted by Crippen LogP contribution is 2.28. The lowest BCUT2D eigenvalue weighted by Crippen LogP contribution is -2.42. The third-order valence-electron chi connectivity index (χ3n) is 4.35. The first kappa shape index (κ1) is 15.2. The molecule has 110 valence electrons. The first-order valence-electron chi connectivity index (χ1n) is 7.64. The molecule has 1 heterocycles. The van der Waals surface area contributed by atoms with Crippen LogP contribution in [0, 0.1) is 5.92 Å². The van der Waals surface area contributed by atoms with Gasteiger partial charge in [-0.25, -0.2) is 0 Å². The number of carbonyl (C=O) groups is 1. The summed E-state index contributed by atoms with van der Waals surface area (Å²) in [4.78, 5) is 15.0. The van der Waals surface area contributed by atoms with E-state index < -0.39 is 0 Å². The van der Waals surface area contributed by atoms with E-state index in [1.807, 2.05) is 37.3 Å². The predicted octanol–water partition coefficient (Wildman–Crippen LogP) is 2.80. The summed E-state index contributed by atoms with van der Waals surface area (Å²) in [6.07, 6.45) is 2.19. The van der Waals surface area contributed by atoms with Crippen LogP contribution in [0.2, 0.25) is 0 Å². The van der Waals surface area contributed by atoms with E-state index in [9.17, 15) is 9.90 Å². The average Bonchev–Trinajstić information content (AvgIpc) is 2.49. The number of carbonyl (C=O) groups excluding carboxylic acids is 1. The van der Waals surface area contributed by atoms with Gasteiger partial charge in [0.15, 0.2) is 5.78 Å². The van der Waals surface area contributed by atoms with Crippen molar-refractivity contribution in [3.63, 3.8) is 0 Å². The number of aliphatic hydroxyl groups is 1. The van der Waals surface area contributed by atoms with Gasteiger partial charge in [0.1, 0.15) is 0 Å². The van der Waals surface area contributed by atoms with E-state index in [4.69, 9.17) is 0 Å². The SMILES string of the molecule is CCC(C)C(=O)C(c1ccccc1)N1CCC(O)CC1. The van der Waals surface area contributed by atoms with Gasteiger partial charge in [0, 0.05) is 19.0 Å². The lowest BCUT2D eigenvalue weighted by Gasteiger charge is -2.36. The number of ketones is 1. The fraction of sp³-hybridized carbons (Fsp3) is 0.588. The zero-order valence-electron chi connectivity index (χ0n) is 12.5. The highest BCUT2D eigenvalue weighted by molar-refractivity contribution is 5.87. The summed E-state index contributed by atoms with van der Waals surface area (Å²) in [6.45, 7) is 5.66. The van der Waals surface area contributed by atoms with Crippen LogP contribution >= 0.6 is 0 Å². The minimum absolute atomic E-state index is 0.0760. The van der Waals surface area contributed by atoms with Gasteiger partial charge in [-0.05, 0) is 24.8 Å². The topological polar surface area (TPSA) is 40.5 Å². The van der Waals surface area contributed by atoms with Crippen molar-refractivity contribution in [2.24, 2.45) is 5.92 Å². The van der Waals surface area contributed by atoms with Crippen molar-refractivity contribution in [2.45, 2.75) is 45.3 Å². The molecule has 0 spiro atoms. The third-order valence-corrected chi connectivity index (χ3v) is 4.35. The Kier molecular flexibility index (Phi) is 5.32. The molecule has 2 atom stereocenters. The minimum Gasteiger partial charge on any atom is -0.393 e. The Morgan fingerprint density at radius 2 is 1.90 bits per heavy atom. The first-order chi connectivity index (χ1) is 9.63. The molecule has 1 saturated heterocycles. The molecule has 1 aliphatic heterocycles. The van der Waals surface area contributed by atoms with E-state index in [1.165, 1.54) is 0 Å². The van der Waals surface area contributed by atoms with Crippen LogP contribution in [-0.4, -0.2) is 35.0 Å². The van der Waals surface area contributed by atoms with Gasteiger partial charge in [-0.3, -0.25) is 9.69 Å². The number of piperidine rings is 1. The van der Waals surface area contributed by atoms with E-state index in [1.54, 1.807) is 0 Å². The van der Waals surface area contributed by atoms with Gasteiger partial charge >= 0.3 is 0 Å². The zero-order valence-corrected chi connectivity index (χ0v) is 12.5. The molecule has 0 radical (unpaired) electrons. The molecule has 2 unspecified atom stereocenters. The van der Waals surface area contributed by atoms with Gasteiger partial charge in [-0.1, -0.05) is 44.2 Å². The number of hydrogen-bond donors (Lipinski definition) is 1. The van der Waals surface area contributed by atoms with Gasteiger partial charge in [0.05, 0.1) is 12.1 Å². The lowest BCUT2D eigenvalue weighted by atomic mass is 9.90. The summed E-state index contributed by atoms with van der Waals surface area (Å²) in [6, 6.07) is 9.88. The molecule has 0 aliphatic carbocycles. The smallest absolute Gasteiger partial charge is 0.157 e. The molecular formula is C17H25NO2. The summed E-state index contributed by atoms with van der Waals surface area (Å²) in [5, 5.41) is 9.66. The maximum Gasteiger partial charge on any atom is 0.157 e. The summed E-state index contributed by atoms with van der Waals surface area (Å²) in [5.41, 5.74) is 1.08. The van der Waals surface area contributed by atoms with Crippen LogP contribution in [0.4, 0.5) is 0 Å². The number of nitrogens with zero attached hydrogens (tertiary/aromatic N) is 1. The highest BCUT2D eigenvalue weighted by Gasteiger charge is 2.32. The van der Waals surface area contributed by atoms with E-state index in [0.29, 0.717) is 5.78 Å². The molecule has 2 rings (SSSR count). The number of likely N-dealkylation sites (tertiary alicyclic amines) is 1. The van der Waals surface area contributed by atoms with Crippen LogP contribution in [0.1, 0.15) is 44.7 Å². The Labute approximate surface area is 121 Å². The zero-order chi connectivity index (χ0) is 14.5. The standard InChI is InChI=1S/C17H25NO2/c1-3-13(2)17(20)16(14-7-5-4-6-8-14)18-11-9-15(19)10-12-18/h4-8,13,15-16,19H,3,9-12H2,1-2H3. The lowest BCUT2D eigenvalue weighted by molar-refractivity contribution is -0.129. The van der Waals surface area contributed by atoms with Gasteiger partial charge in [-0.2, -0.15) is 0 Å². The molecule has 0 bridgehead atoms. The molecule has 0 saturated carbocycles. The molecule has 1 fully saturated rings. The van der Waals surface area contributed by atoms with E-state index in [2.05, 4.69) is 11.8 Å². The number of rotatable bonds is 5. The largest absolute Gasteiger partial charge is 0.393 e. The minimum atomic E-state index is -0.207. The number of Topliss-reactive ketones (excluding diaryl/α,β-unsaturated/α-hetero) is 1. The number of aliphatic hydroxyl groups excluding tert-OH is 1. The predicted molar refractivity (Wildman–Crippen MR) is 80.5 cm³/mol. The van der Waals surface area contributed by atoms with Gasteiger partial charge < -0.3 is 5.11 Å². The van der Waals surface area contributed by atoms with Crippen molar-refractivity contribution in [2.75, 3.05) is 13.1 Å². The van der Waals surface area contributed by atoms with Gasteiger partial charge in [-0.15, -0.1) is 0 Å². The van der Waals surface area contributed by atoms with Gasteiger partial charge in [0.2, 0.25) is 0 Å². The Bertz CT molecular complexity index is 424. The van der Waals surface area contributed by atoms with E-state index in [0.717, 1.165) is 37.9 Å². The van der Waals surface area contributed by atoms with Crippen molar-refractivity contribution in [3.05, 3.63) is 35.9 Å². The van der Waals surface area contributed by atoms with Crippen LogP contribution in [0.25, 0.3) is 0 Å². The van der Waals surface area contributed by atoms with Crippen molar-refractivity contribution >= 4 is 5.78 Å². The Morgan fingerprint density at radius 1 is 1.30 bits per heavy atom. The molecule has 3 nitrogen and oxygen atoms in total. The Morgan fingerprint density at radius 3 is 2.45 bits per heavy atom. The Hall–Kier alpha value is -1.19. The Balaban J connectivity index is 2.22. The highest BCUT2D eigenvalue weighted by atomic mass is 16.3. The molecule has 1 aliphatic rings. The first-order valence-corrected chi connectivity index (χ1v) is 7.64. The van der Waals surface area contributed by atoms with Crippen LogP contribution in [0.5, 0.6) is 0 Å². The van der Waals surface area contributed by atoms with Crippen LogP contribution < -0.4 is 0 Å². The van der Waals surface area contributed by atoms with Crippen molar-refractivity contribution in [1.82, 2.24) is 4.90 Å². The molecule has 3 heteroatoms. The number of benzene rings is 1. The molecule has 20 heavy (non-hydrogen) atoms. The van der Waals surface area contributed by atoms with Gasteiger partial charge in [0.25, 0.3) is 0 Å². The average molecular weight is 275 g/mol. The second-order valence-electron chi connectivity index (χ2n) is 5.79. The quantitative estimate of drug-likeness (QED) is 0.898. The molecule has 0 amide bonds. The van der Waals surface area contributed by atoms with E-state index in [-0.39, 0.29) is 18.1 Å². The van der Waals surface area contributed by atoms with Crippen molar-refractivity contribution in [1.29, 1.82) is 0 Å². The maximum absolute atomic E-state index is 12.8. The normalized spacial score (nSPS) is 20.6. The maximum atomic E-state index is 12.8. The molecule has 1 N–H and O–H groups in total. The fourth-order valence-corrected chi connectivity index (χ4v) is 2.81. The molecular weight excluding hydrogens is 250 g/mol. The van der Waals surface area contributed by atoms with Crippen LogP contribution in [0.3, 0.4) is 0 Å². The van der Waals surface area contributed by atoms with Crippen LogP contribution in [0.15, 0.2) is 30.3 Å². The number of hydrogen-bond acceptors (Lipinski definition) is 3. The van der Waals surface area contributed by atoms with Crippen molar-refractivity contribution in [3.8, 4) is 0 Å². The summed E-state index contributed by atoms with van der Waals surface area (Å²) in [5.74, 6) is 0.377. The van der Waals surface area contributed by atoms with Crippen molar-refractivity contribution < 1.29 is 9.90 Å². The van der Waals surface area contributed by atoms with E-state index >= 15 is 0 Å². The third kappa shape index (κ3) is 3.47. The fourth-order valence-electron chi connectivity index (χ4n) is 2.81. The summed E-state index contributed by atoms with van der Waals surface area (Å²) >= 11 is 0. The molecule has 0 aromatic heterocycles. The second kappa shape index (κ2) is 7.00. The summed E-state index contributed by atoms with van der Waals surface area (Å²) < 4.78 is 0. The molecule has 1 aromatic rings. The molecule has 1 aromatic carbocycles. The monoisotopic (exact) mass is 275 g/mol.